The molecule has 3 nitrogen and oxygen atoms in total. The van der Waals surface area contributed by atoms with Gasteiger partial charge in [0.2, 0.25) is 0 Å². The van der Waals surface area contributed by atoms with Gasteiger partial charge >= 0.3 is 0 Å². The summed E-state index contributed by atoms with van der Waals surface area (Å²) < 4.78 is 0. The van der Waals surface area contributed by atoms with Gasteiger partial charge in [0.15, 0.2) is 0 Å². The predicted molar refractivity (Wildman–Crippen MR) is 61.3 cm³/mol. The van der Waals surface area contributed by atoms with E-state index in [2.05, 4.69) is 9.88 Å². The predicted octanol–water partition coefficient (Wildman–Crippen LogP) is 1.94. The Labute approximate surface area is 94.7 Å². The summed E-state index contributed by atoms with van der Waals surface area (Å²) >= 11 is 6.07. The van der Waals surface area contributed by atoms with E-state index >= 15 is 0 Å². The van der Waals surface area contributed by atoms with Crippen LogP contribution in [0.4, 0.5) is 5.82 Å². The van der Waals surface area contributed by atoms with Crippen molar-refractivity contribution in [2.24, 2.45) is 5.92 Å². The van der Waals surface area contributed by atoms with E-state index in [1.165, 1.54) is 0 Å². The molecule has 2 heterocycles. The third kappa shape index (κ3) is 2.41. The molecule has 82 valence electrons. The molecule has 0 spiro atoms. The van der Waals surface area contributed by atoms with Gasteiger partial charge in [0.25, 0.3) is 0 Å². The molecule has 1 N–H and O–H groups in total. The van der Waals surface area contributed by atoms with Crippen molar-refractivity contribution in [1.29, 1.82) is 0 Å². The first-order valence-electron chi connectivity index (χ1n) is 5.27. The molecule has 0 radical (unpaired) electrons. The fourth-order valence-electron chi connectivity index (χ4n) is 1.94. The number of anilines is 1. The molecule has 1 aromatic heterocycles. The van der Waals surface area contributed by atoms with Gasteiger partial charge in [0, 0.05) is 25.9 Å². The van der Waals surface area contributed by atoms with E-state index in [9.17, 15) is 0 Å². The molecular weight excluding hydrogens is 212 g/mol. The largest absolute Gasteiger partial charge is 0.396 e. The highest BCUT2D eigenvalue weighted by molar-refractivity contribution is 6.32. The maximum atomic E-state index is 9.04. The molecule has 1 aromatic rings. The van der Waals surface area contributed by atoms with Gasteiger partial charge in [0.1, 0.15) is 5.82 Å². The Hall–Kier alpha value is -0.800. The Morgan fingerprint density at radius 1 is 1.47 bits per heavy atom. The number of hydrogen-bond donors (Lipinski definition) is 1. The minimum Gasteiger partial charge on any atom is -0.396 e. The lowest BCUT2D eigenvalue weighted by Gasteiger charge is -2.32. The van der Waals surface area contributed by atoms with Gasteiger partial charge in [-0.25, -0.2) is 4.98 Å². The molecule has 0 aliphatic carbocycles. The molecule has 1 saturated heterocycles. The Morgan fingerprint density at radius 3 is 2.80 bits per heavy atom. The third-order valence-electron chi connectivity index (χ3n) is 2.91. The van der Waals surface area contributed by atoms with E-state index in [4.69, 9.17) is 16.7 Å². The number of nitrogens with zero attached hydrogens (tertiary/aromatic N) is 2. The van der Waals surface area contributed by atoms with Crippen LogP contribution >= 0.6 is 11.6 Å². The summed E-state index contributed by atoms with van der Waals surface area (Å²) in [6.45, 7) is 2.16. The molecule has 1 fully saturated rings. The summed E-state index contributed by atoms with van der Waals surface area (Å²) in [5, 5.41) is 9.75. The lowest BCUT2D eigenvalue weighted by Crippen LogP contribution is -2.35. The maximum Gasteiger partial charge on any atom is 0.147 e. The van der Waals surface area contributed by atoms with Gasteiger partial charge in [-0.3, -0.25) is 0 Å². The van der Waals surface area contributed by atoms with Crippen LogP contribution in [0, 0.1) is 5.92 Å². The highest BCUT2D eigenvalue weighted by atomic mass is 35.5. The first kappa shape index (κ1) is 10.7. The number of hydrogen-bond acceptors (Lipinski definition) is 3. The normalized spacial score (nSPS) is 18.1. The zero-order valence-electron chi connectivity index (χ0n) is 8.56. The van der Waals surface area contributed by atoms with Crippen molar-refractivity contribution >= 4 is 17.4 Å². The molecular formula is C11H15ClN2O. The van der Waals surface area contributed by atoms with Gasteiger partial charge in [-0.05, 0) is 30.9 Å². The van der Waals surface area contributed by atoms with Gasteiger partial charge < -0.3 is 10.0 Å². The van der Waals surface area contributed by atoms with E-state index < -0.39 is 0 Å². The van der Waals surface area contributed by atoms with Crippen LogP contribution in [0.3, 0.4) is 0 Å². The highest BCUT2D eigenvalue weighted by Gasteiger charge is 2.20. The fraction of sp³-hybridized carbons (Fsp3) is 0.545. The van der Waals surface area contributed by atoms with Gasteiger partial charge in [-0.2, -0.15) is 0 Å². The summed E-state index contributed by atoms with van der Waals surface area (Å²) in [7, 11) is 0. The molecule has 0 atom stereocenters. The lowest BCUT2D eigenvalue weighted by molar-refractivity contribution is 0.203. The standard InChI is InChI=1S/C11H15ClN2O/c12-10-2-1-5-13-11(10)14-6-3-9(8-15)4-7-14/h1-2,5,9,15H,3-4,6-8H2. The van der Waals surface area contributed by atoms with Gasteiger partial charge in [-0.15, -0.1) is 0 Å². The Bertz CT molecular complexity index is 324. The Balaban J connectivity index is 2.04. The molecule has 1 aliphatic rings. The van der Waals surface area contributed by atoms with Crippen LogP contribution in [0.15, 0.2) is 18.3 Å². The van der Waals surface area contributed by atoms with Crippen molar-refractivity contribution in [3.8, 4) is 0 Å². The number of aliphatic hydroxyl groups excluding tert-OH is 1. The molecule has 0 unspecified atom stereocenters. The summed E-state index contributed by atoms with van der Waals surface area (Å²) in [6, 6.07) is 3.70. The monoisotopic (exact) mass is 226 g/mol. The van der Waals surface area contributed by atoms with E-state index in [1.54, 1.807) is 6.20 Å². The third-order valence-corrected chi connectivity index (χ3v) is 3.21. The molecule has 0 bridgehead atoms. The average Bonchev–Trinajstić information content (AvgIpc) is 2.30. The average molecular weight is 227 g/mol. The van der Waals surface area contributed by atoms with Crippen molar-refractivity contribution in [3.63, 3.8) is 0 Å². The second kappa shape index (κ2) is 4.81. The number of aromatic nitrogens is 1. The minimum atomic E-state index is 0.295. The molecule has 1 aliphatic heterocycles. The summed E-state index contributed by atoms with van der Waals surface area (Å²) in [5.41, 5.74) is 0. The van der Waals surface area contributed by atoms with Crippen LogP contribution in [0.25, 0.3) is 0 Å². The van der Waals surface area contributed by atoms with E-state index in [1.807, 2.05) is 12.1 Å². The van der Waals surface area contributed by atoms with Crippen molar-refractivity contribution < 1.29 is 5.11 Å². The lowest BCUT2D eigenvalue weighted by atomic mass is 9.98. The van der Waals surface area contributed by atoms with Crippen LogP contribution in [-0.2, 0) is 0 Å². The van der Waals surface area contributed by atoms with Gasteiger partial charge in [-0.1, -0.05) is 11.6 Å². The van der Waals surface area contributed by atoms with Crippen LogP contribution in [0.5, 0.6) is 0 Å². The van der Waals surface area contributed by atoms with Crippen molar-refractivity contribution in [2.75, 3.05) is 24.6 Å². The number of halogens is 1. The zero-order valence-corrected chi connectivity index (χ0v) is 9.32. The van der Waals surface area contributed by atoms with Gasteiger partial charge in [0.05, 0.1) is 5.02 Å². The van der Waals surface area contributed by atoms with Crippen molar-refractivity contribution in [3.05, 3.63) is 23.4 Å². The van der Waals surface area contributed by atoms with Crippen molar-refractivity contribution in [1.82, 2.24) is 4.98 Å². The molecule has 0 amide bonds. The second-order valence-corrected chi connectivity index (χ2v) is 4.33. The molecule has 2 rings (SSSR count). The Morgan fingerprint density at radius 2 is 2.20 bits per heavy atom. The van der Waals surface area contributed by atoms with Crippen LogP contribution in [0.2, 0.25) is 5.02 Å². The van der Waals surface area contributed by atoms with E-state index in [0.717, 1.165) is 31.7 Å². The fourth-order valence-corrected chi connectivity index (χ4v) is 2.18. The minimum absolute atomic E-state index is 0.295. The number of rotatable bonds is 2. The first-order valence-corrected chi connectivity index (χ1v) is 5.65. The van der Waals surface area contributed by atoms with Crippen LogP contribution < -0.4 is 4.90 Å². The Kier molecular flexibility index (Phi) is 3.44. The van der Waals surface area contributed by atoms with E-state index in [0.29, 0.717) is 17.5 Å². The highest BCUT2D eigenvalue weighted by Crippen LogP contribution is 2.26. The second-order valence-electron chi connectivity index (χ2n) is 3.92. The maximum absolute atomic E-state index is 9.04. The summed E-state index contributed by atoms with van der Waals surface area (Å²) in [5.74, 6) is 1.32. The first-order chi connectivity index (χ1) is 7.31. The molecule has 0 saturated carbocycles. The smallest absolute Gasteiger partial charge is 0.147 e. The zero-order chi connectivity index (χ0) is 10.7. The number of piperidine rings is 1. The van der Waals surface area contributed by atoms with Crippen molar-refractivity contribution in [2.45, 2.75) is 12.8 Å². The quantitative estimate of drug-likeness (QED) is 0.838. The molecule has 15 heavy (non-hydrogen) atoms. The SMILES string of the molecule is OCC1CCN(c2ncccc2Cl)CC1. The number of aliphatic hydroxyl groups is 1. The summed E-state index contributed by atoms with van der Waals surface area (Å²) in [6.07, 6.45) is 3.80. The molecule has 0 aromatic carbocycles. The summed E-state index contributed by atoms with van der Waals surface area (Å²) in [4.78, 5) is 6.47. The number of pyridine rings is 1. The van der Waals surface area contributed by atoms with Crippen LogP contribution in [-0.4, -0.2) is 29.8 Å². The van der Waals surface area contributed by atoms with E-state index in [-0.39, 0.29) is 0 Å². The molecule has 4 heteroatoms. The topological polar surface area (TPSA) is 36.4 Å². The van der Waals surface area contributed by atoms with Crippen LogP contribution in [0.1, 0.15) is 12.8 Å².